The minimum Gasteiger partial charge on any atom is -0.492 e. The molecule has 3 aromatic rings. The van der Waals surface area contributed by atoms with Gasteiger partial charge in [0.25, 0.3) is 0 Å². The zero-order valence-corrected chi connectivity index (χ0v) is 17.7. The Hall–Kier alpha value is -2.99. The van der Waals surface area contributed by atoms with Crippen molar-refractivity contribution < 1.29 is 9.47 Å². The van der Waals surface area contributed by atoms with Gasteiger partial charge < -0.3 is 9.47 Å². The van der Waals surface area contributed by atoms with Crippen LogP contribution in [0.15, 0.2) is 48.7 Å². The van der Waals surface area contributed by atoms with Crippen molar-refractivity contribution in [1.82, 2.24) is 19.9 Å². The molecule has 156 valence electrons. The summed E-state index contributed by atoms with van der Waals surface area (Å²) in [7, 11) is 0. The first-order valence-electron chi connectivity index (χ1n) is 10.6. The SMILES string of the molecule is Cc1nc(-c2ccccn2)nc(Oc2ccc(OCCN3CCCCC3)cc2)c1C. The number of benzene rings is 1. The molecular weight excluding hydrogens is 376 g/mol. The summed E-state index contributed by atoms with van der Waals surface area (Å²) in [6.07, 6.45) is 5.69. The van der Waals surface area contributed by atoms with E-state index in [1.165, 1.54) is 32.4 Å². The lowest BCUT2D eigenvalue weighted by Crippen LogP contribution is -2.33. The van der Waals surface area contributed by atoms with Gasteiger partial charge in [0.2, 0.25) is 5.88 Å². The maximum Gasteiger partial charge on any atom is 0.226 e. The summed E-state index contributed by atoms with van der Waals surface area (Å²) in [5, 5.41) is 0. The van der Waals surface area contributed by atoms with E-state index in [-0.39, 0.29) is 0 Å². The summed E-state index contributed by atoms with van der Waals surface area (Å²) in [5.74, 6) is 2.67. The summed E-state index contributed by atoms with van der Waals surface area (Å²) < 4.78 is 12.0. The molecule has 0 atom stereocenters. The highest BCUT2D eigenvalue weighted by molar-refractivity contribution is 5.51. The van der Waals surface area contributed by atoms with Crippen LogP contribution in [0, 0.1) is 13.8 Å². The minimum absolute atomic E-state index is 0.543. The van der Waals surface area contributed by atoms with Gasteiger partial charge >= 0.3 is 0 Å². The summed E-state index contributed by atoms with van der Waals surface area (Å²) >= 11 is 0. The highest BCUT2D eigenvalue weighted by Crippen LogP contribution is 2.28. The molecular formula is C24H28N4O2. The Bertz CT molecular complexity index is 955. The largest absolute Gasteiger partial charge is 0.492 e. The van der Waals surface area contributed by atoms with Crippen LogP contribution >= 0.6 is 0 Å². The summed E-state index contributed by atoms with van der Waals surface area (Å²) in [5.41, 5.74) is 2.51. The van der Waals surface area contributed by atoms with Crippen molar-refractivity contribution in [3.63, 3.8) is 0 Å². The van der Waals surface area contributed by atoms with E-state index in [0.717, 1.165) is 29.2 Å². The van der Waals surface area contributed by atoms with Gasteiger partial charge in [-0.1, -0.05) is 12.5 Å². The fourth-order valence-electron chi connectivity index (χ4n) is 3.50. The second-order valence-corrected chi connectivity index (χ2v) is 7.60. The van der Waals surface area contributed by atoms with Crippen LogP contribution in [0.3, 0.4) is 0 Å². The smallest absolute Gasteiger partial charge is 0.226 e. The molecule has 1 saturated heterocycles. The number of ether oxygens (including phenoxy) is 2. The van der Waals surface area contributed by atoms with Crippen LogP contribution in [0.1, 0.15) is 30.5 Å². The van der Waals surface area contributed by atoms with Gasteiger partial charge in [0, 0.05) is 24.0 Å². The lowest BCUT2D eigenvalue weighted by atomic mass is 10.1. The third-order valence-electron chi connectivity index (χ3n) is 5.40. The third-order valence-corrected chi connectivity index (χ3v) is 5.40. The van der Waals surface area contributed by atoms with Gasteiger partial charge in [0.05, 0.1) is 0 Å². The van der Waals surface area contributed by atoms with Crippen LogP contribution < -0.4 is 9.47 Å². The summed E-state index contributed by atoms with van der Waals surface area (Å²) in [6, 6.07) is 13.4. The Morgan fingerprint density at radius 2 is 1.67 bits per heavy atom. The molecule has 0 spiro atoms. The number of aryl methyl sites for hydroxylation is 1. The molecule has 0 aliphatic carbocycles. The van der Waals surface area contributed by atoms with Gasteiger partial charge in [-0.15, -0.1) is 0 Å². The first-order valence-corrected chi connectivity index (χ1v) is 10.6. The predicted molar refractivity (Wildman–Crippen MR) is 117 cm³/mol. The predicted octanol–water partition coefficient (Wildman–Crippen LogP) is 4.81. The second-order valence-electron chi connectivity index (χ2n) is 7.60. The van der Waals surface area contributed by atoms with Crippen molar-refractivity contribution >= 4 is 0 Å². The van der Waals surface area contributed by atoms with E-state index >= 15 is 0 Å². The Morgan fingerprint density at radius 1 is 0.900 bits per heavy atom. The standard InChI is InChI=1S/C24H28N4O2/c1-18-19(2)26-23(22-8-4-5-13-25-22)27-24(18)30-21-11-9-20(10-12-21)29-17-16-28-14-6-3-7-15-28/h4-5,8-13H,3,6-7,14-17H2,1-2H3. The van der Waals surface area contributed by atoms with E-state index in [1.807, 2.05) is 56.3 Å². The quantitative estimate of drug-likeness (QED) is 0.563. The Balaban J connectivity index is 1.40. The highest BCUT2D eigenvalue weighted by atomic mass is 16.5. The van der Waals surface area contributed by atoms with Crippen LogP contribution in [-0.2, 0) is 0 Å². The molecule has 0 bridgehead atoms. The number of hydrogen-bond acceptors (Lipinski definition) is 6. The average Bonchev–Trinajstić information content (AvgIpc) is 2.79. The second kappa shape index (κ2) is 9.67. The molecule has 6 heteroatoms. The third kappa shape index (κ3) is 5.13. The highest BCUT2D eigenvalue weighted by Gasteiger charge is 2.13. The summed E-state index contributed by atoms with van der Waals surface area (Å²) in [4.78, 5) is 16.0. The number of hydrogen-bond donors (Lipinski definition) is 0. The molecule has 0 N–H and O–H groups in total. The molecule has 1 fully saturated rings. The van der Waals surface area contributed by atoms with Crippen molar-refractivity contribution in [2.45, 2.75) is 33.1 Å². The van der Waals surface area contributed by atoms with E-state index in [4.69, 9.17) is 9.47 Å². The van der Waals surface area contributed by atoms with Gasteiger partial charge in [-0.25, -0.2) is 4.98 Å². The topological polar surface area (TPSA) is 60.4 Å². The Morgan fingerprint density at radius 3 is 2.40 bits per heavy atom. The van der Waals surface area contributed by atoms with Crippen molar-refractivity contribution in [2.75, 3.05) is 26.2 Å². The van der Waals surface area contributed by atoms with Crippen molar-refractivity contribution in [3.05, 3.63) is 59.9 Å². The normalized spacial score (nSPS) is 14.5. The van der Waals surface area contributed by atoms with Crippen LogP contribution in [0.2, 0.25) is 0 Å². The van der Waals surface area contributed by atoms with Crippen LogP contribution in [0.4, 0.5) is 0 Å². The molecule has 6 nitrogen and oxygen atoms in total. The van der Waals surface area contributed by atoms with E-state index < -0.39 is 0 Å². The average molecular weight is 405 g/mol. The molecule has 1 aliphatic heterocycles. The van der Waals surface area contributed by atoms with Crippen molar-refractivity contribution in [2.24, 2.45) is 0 Å². The first kappa shape index (κ1) is 20.3. The molecule has 0 saturated carbocycles. The maximum atomic E-state index is 6.06. The van der Waals surface area contributed by atoms with Crippen LogP contribution in [0.25, 0.3) is 11.5 Å². The Kier molecular flexibility index (Phi) is 6.54. The minimum atomic E-state index is 0.543. The lowest BCUT2D eigenvalue weighted by Gasteiger charge is -2.26. The molecule has 1 aliphatic rings. The number of aromatic nitrogens is 3. The van der Waals surface area contributed by atoms with Crippen LogP contribution in [0.5, 0.6) is 17.4 Å². The van der Waals surface area contributed by atoms with Gasteiger partial charge in [0.1, 0.15) is 23.8 Å². The molecule has 0 amide bonds. The fourth-order valence-corrected chi connectivity index (χ4v) is 3.50. The fraction of sp³-hybridized carbons (Fsp3) is 0.375. The molecule has 0 unspecified atom stereocenters. The van der Waals surface area contributed by atoms with E-state index in [0.29, 0.717) is 24.1 Å². The monoisotopic (exact) mass is 404 g/mol. The number of piperidine rings is 1. The first-order chi connectivity index (χ1) is 14.7. The van der Waals surface area contributed by atoms with Crippen LogP contribution in [-0.4, -0.2) is 46.1 Å². The van der Waals surface area contributed by atoms with Gasteiger partial charge in [0.15, 0.2) is 5.82 Å². The lowest BCUT2D eigenvalue weighted by molar-refractivity contribution is 0.183. The Labute approximate surface area is 177 Å². The molecule has 1 aromatic carbocycles. The molecule has 0 radical (unpaired) electrons. The molecule has 2 aromatic heterocycles. The van der Waals surface area contributed by atoms with E-state index in [2.05, 4.69) is 19.9 Å². The van der Waals surface area contributed by atoms with E-state index in [1.54, 1.807) is 6.20 Å². The van der Waals surface area contributed by atoms with Crippen molar-refractivity contribution in [3.8, 4) is 28.9 Å². The number of pyridine rings is 1. The van der Waals surface area contributed by atoms with Crippen molar-refractivity contribution in [1.29, 1.82) is 0 Å². The number of likely N-dealkylation sites (tertiary alicyclic amines) is 1. The summed E-state index contributed by atoms with van der Waals surface area (Å²) in [6.45, 7) is 7.98. The number of nitrogens with zero attached hydrogens (tertiary/aromatic N) is 4. The molecule has 3 heterocycles. The van der Waals surface area contributed by atoms with E-state index in [9.17, 15) is 0 Å². The molecule has 4 rings (SSSR count). The van der Waals surface area contributed by atoms with Gasteiger partial charge in [-0.3, -0.25) is 9.88 Å². The van der Waals surface area contributed by atoms with Gasteiger partial charge in [-0.05, 0) is 76.2 Å². The maximum absolute atomic E-state index is 6.06. The number of rotatable bonds is 7. The van der Waals surface area contributed by atoms with Gasteiger partial charge in [-0.2, -0.15) is 4.98 Å². The molecule has 30 heavy (non-hydrogen) atoms. The zero-order valence-electron chi connectivity index (χ0n) is 17.7. The zero-order chi connectivity index (χ0) is 20.8.